The van der Waals surface area contributed by atoms with Gasteiger partial charge in [0, 0.05) is 5.69 Å². The Hall–Kier alpha value is -2.40. The van der Waals surface area contributed by atoms with Crippen LogP contribution in [0.2, 0.25) is 0 Å². The topological polar surface area (TPSA) is 61.4 Å². The van der Waals surface area contributed by atoms with Crippen molar-refractivity contribution in [3.63, 3.8) is 0 Å². The maximum Gasteiger partial charge on any atom is 0.307 e. The van der Waals surface area contributed by atoms with Gasteiger partial charge in [0.25, 0.3) is 0 Å². The number of thiocarbonyl (C=S) groups is 1. The summed E-state index contributed by atoms with van der Waals surface area (Å²) in [6.45, 7) is 2.04. The molecule has 1 atom stereocenters. The first-order valence-corrected chi connectivity index (χ1v) is 7.38. The quantitative estimate of drug-likeness (QED) is 0.739. The first-order chi connectivity index (χ1) is 10.5. The number of nitrogens with one attached hydrogen (secondary N) is 2. The van der Waals surface area contributed by atoms with Crippen LogP contribution in [0.15, 0.2) is 54.6 Å². The van der Waals surface area contributed by atoms with E-state index >= 15 is 0 Å². The highest BCUT2D eigenvalue weighted by molar-refractivity contribution is 7.80. The second-order valence-corrected chi connectivity index (χ2v) is 5.41. The molecule has 0 saturated carbocycles. The lowest BCUT2D eigenvalue weighted by Gasteiger charge is -2.17. The van der Waals surface area contributed by atoms with Crippen LogP contribution >= 0.6 is 12.2 Å². The molecular weight excluding hydrogens is 296 g/mol. The number of hydrogen-bond acceptors (Lipinski definition) is 2. The lowest BCUT2D eigenvalue weighted by molar-refractivity contribution is -0.136. The van der Waals surface area contributed by atoms with E-state index in [9.17, 15) is 4.79 Å². The van der Waals surface area contributed by atoms with Crippen molar-refractivity contribution in [3.05, 3.63) is 65.7 Å². The number of benzene rings is 2. The smallest absolute Gasteiger partial charge is 0.307 e. The van der Waals surface area contributed by atoms with E-state index in [1.807, 2.05) is 49.4 Å². The molecule has 0 heterocycles. The number of anilines is 1. The van der Waals surface area contributed by atoms with Crippen LogP contribution < -0.4 is 10.6 Å². The molecule has 2 aromatic carbocycles. The Balaban J connectivity index is 1.90. The summed E-state index contributed by atoms with van der Waals surface area (Å²) in [5.74, 6) is -0.838. The van der Waals surface area contributed by atoms with Crippen LogP contribution in [0.3, 0.4) is 0 Å². The van der Waals surface area contributed by atoms with E-state index in [-0.39, 0.29) is 12.5 Å². The van der Waals surface area contributed by atoms with Gasteiger partial charge < -0.3 is 15.7 Å². The summed E-state index contributed by atoms with van der Waals surface area (Å²) in [6, 6.07) is 17.3. The first-order valence-electron chi connectivity index (χ1n) is 6.98. The van der Waals surface area contributed by atoms with E-state index in [1.165, 1.54) is 0 Å². The minimum atomic E-state index is -0.838. The lowest BCUT2D eigenvalue weighted by Crippen LogP contribution is -2.30. The average Bonchev–Trinajstić information content (AvgIpc) is 2.49. The predicted octanol–water partition coefficient (Wildman–Crippen LogP) is 3.36. The zero-order valence-electron chi connectivity index (χ0n) is 12.2. The Morgan fingerprint density at radius 2 is 1.77 bits per heavy atom. The van der Waals surface area contributed by atoms with Crippen molar-refractivity contribution in [2.45, 2.75) is 19.4 Å². The molecule has 0 aromatic heterocycles. The highest BCUT2D eigenvalue weighted by Gasteiger charge is 2.07. The van der Waals surface area contributed by atoms with Crippen LogP contribution in [0.4, 0.5) is 5.69 Å². The highest BCUT2D eigenvalue weighted by atomic mass is 32.1. The predicted molar refractivity (Wildman–Crippen MR) is 92.0 cm³/mol. The fraction of sp³-hybridized carbons (Fsp3) is 0.176. The summed E-state index contributed by atoms with van der Waals surface area (Å²) in [7, 11) is 0. The zero-order valence-corrected chi connectivity index (χ0v) is 13.1. The standard InChI is InChI=1S/C17H18N2O2S/c1-12(14-5-3-2-4-6-14)18-17(22)19-15-9-7-13(8-10-15)11-16(20)21/h2-10,12H,11H2,1H3,(H,20,21)(H2,18,19,22). The Morgan fingerprint density at radius 3 is 2.36 bits per heavy atom. The number of carbonyl (C=O) groups is 1. The fourth-order valence-corrected chi connectivity index (χ4v) is 2.36. The molecule has 0 bridgehead atoms. The highest BCUT2D eigenvalue weighted by Crippen LogP contribution is 2.13. The number of hydrogen-bond donors (Lipinski definition) is 3. The van der Waals surface area contributed by atoms with E-state index in [0.29, 0.717) is 5.11 Å². The minimum absolute atomic E-state index is 0.0218. The Kier molecular flexibility index (Phi) is 5.49. The van der Waals surface area contributed by atoms with Crippen molar-refractivity contribution in [1.82, 2.24) is 5.32 Å². The summed E-state index contributed by atoms with van der Waals surface area (Å²) >= 11 is 5.30. The molecule has 0 aliphatic rings. The van der Waals surface area contributed by atoms with E-state index in [2.05, 4.69) is 10.6 Å². The van der Waals surface area contributed by atoms with Crippen LogP contribution in [0.1, 0.15) is 24.1 Å². The number of carboxylic acid groups (broad SMARTS) is 1. The first kappa shape index (κ1) is 16.0. The molecule has 0 fully saturated rings. The lowest BCUT2D eigenvalue weighted by atomic mass is 10.1. The molecule has 0 aliphatic heterocycles. The van der Waals surface area contributed by atoms with Crippen molar-refractivity contribution in [2.24, 2.45) is 0 Å². The molecule has 114 valence electrons. The fourth-order valence-electron chi connectivity index (χ4n) is 2.07. The molecule has 5 heteroatoms. The summed E-state index contributed by atoms with van der Waals surface area (Å²) in [5.41, 5.74) is 2.74. The van der Waals surface area contributed by atoms with E-state index in [1.54, 1.807) is 12.1 Å². The molecule has 2 aromatic rings. The largest absolute Gasteiger partial charge is 0.481 e. The molecule has 22 heavy (non-hydrogen) atoms. The molecule has 0 amide bonds. The summed E-state index contributed by atoms with van der Waals surface area (Å²) < 4.78 is 0. The van der Waals surface area contributed by atoms with Gasteiger partial charge in [0.05, 0.1) is 12.5 Å². The van der Waals surface area contributed by atoms with Crippen LogP contribution in [0.25, 0.3) is 0 Å². The van der Waals surface area contributed by atoms with Gasteiger partial charge in [-0.25, -0.2) is 0 Å². The van der Waals surface area contributed by atoms with Gasteiger partial charge in [0.1, 0.15) is 0 Å². The monoisotopic (exact) mass is 314 g/mol. The van der Waals surface area contributed by atoms with Crippen LogP contribution in [0, 0.1) is 0 Å². The van der Waals surface area contributed by atoms with E-state index < -0.39 is 5.97 Å². The molecule has 1 unspecified atom stereocenters. The molecule has 0 spiro atoms. The summed E-state index contributed by atoms with van der Waals surface area (Å²) in [6.07, 6.45) is 0.0218. The zero-order chi connectivity index (χ0) is 15.9. The van der Waals surface area contributed by atoms with Gasteiger partial charge in [0.2, 0.25) is 0 Å². The van der Waals surface area contributed by atoms with Gasteiger partial charge in [0.15, 0.2) is 5.11 Å². The third-order valence-electron chi connectivity index (χ3n) is 3.21. The summed E-state index contributed by atoms with van der Waals surface area (Å²) in [4.78, 5) is 10.6. The molecular formula is C17H18N2O2S. The van der Waals surface area contributed by atoms with Gasteiger partial charge in [-0.3, -0.25) is 4.79 Å². The van der Waals surface area contributed by atoms with E-state index in [0.717, 1.165) is 16.8 Å². The average molecular weight is 314 g/mol. The Bertz CT molecular complexity index is 641. The SMILES string of the molecule is CC(NC(=S)Nc1ccc(CC(=O)O)cc1)c1ccccc1. The Labute approximate surface area is 135 Å². The van der Waals surface area contributed by atoms with Gasteiger partial charge in [-0.05, 0) is 42.4 Å². The van der Waals surface area contributed by atoms with Crippen LogP contribution in [-0.2, 0) is 11.2 Å². The van der Waals surface area contributed by atoms with Gasteiger partial charge >= 0.3 is 5.97 Å². The van der Waals surface area contributed by atoms with Crippen molar-refractivity contribution in [3.8, 4) is 0 Å². The number of aliphatic carboxylic acids is 1. The molecule has 4 nitrogen and oxygen atoms in total. The van der Waals surface area contributed by atoms with Gasteiger partial charge in [-0.2, -0.15) is 0 Å². The maximum absolute atomic E-state index is 10.6. The van der Waals surface area contributed by atoms with Crippen LogP contribution in [-0.4, -0.2) is 16.2 Å². The third-order valence-corrected chi connectivity index (χ3v) is 3.43. The maximum atomic E-state index is 10.6. The second-order valence-electron chi connectivity index (χ2n) is 5.00. The van der Waals surface area contributed by atoms with Crippen molar-refractivity contribution in [1.29, 1.82) is 0 Å². The molecule has 2 rings (SSSR count). The number of rotatable bonds is 5. The van der Waals surface area contributed by atoms with Gasteiger partial charge in [-0.15, -0.1) is 0 Å². The van der Waals surface area contributed by atoms with Crippen molar-refractivity contribution >= 4 is 29.0 Å². The minimum Gasteiger partial charge on any atom is -0.481 e. The third kappa shape index (κ3) is 4.86. The van der Waals surface area contributed by atoms with E-state index in [4.69, 9.17) is 17.3 Å². The normalized spacial score (nSPS) is 11.5. The second kappa shape index (κ2) is 7.56. The molecule has 0 saturated heterocycles. The van der Waals surface area contributed by atoms with Crippen molar-refractivity contribution < 1.29 is 9.90 Å². The molecule has 0 radical (unpaired) electrons. The van der Waals surface area contributed by atoms with Crippen molar-refractivity contribution in [2.75, 3.05) is 5.32 Å². The number of carboxylic acids is 1. The molecule has 3 N–H and O–H groups in total. The van der Waals surface area contributed by atoms with Crippen LogP contribution in [0.5, 0.6) is 0 Å². The van der Waals surface area contributed by atoms with Gasteiger partial charge in [-0.1, -0.05) is 42.5 Å². The Morgan fingerprint density at radius 1 is 1.14 bits per heavy atom. The molecule has 0 aliphatic carbocycles. The summed E-state index contributed by atoms with van der Waals surface area (Å²) in [5, 5.41) is 15.6.